The lowest BCUT2D eigenvalue weighted by Crippen LogP contribution is -2.00. The van der Waals surface area contributed by atoms with Crippen molar-refractivity contribution in [2.75, 3.05) is 7.11 Å². The van der Waals surface area contributed by atoms with E-state index in [0.29, 0.717) is 17.7 Å². The van der Waals surface area contributed by atoms with E-state index in [1.807, 2.05) is 6.92 Å². The summed E-state index contributed by atoms with van der Waals surface area (Å²) in [6.45, 7) is 1.95. The van der Waals surface area contributed by atoms with Crippen LogP contribution in [0.3, 0.4) is 0 Å². The van der Waals surface area contributed by atoms with Crippen LogP contribution < -0.4 is 4.74 Å². The van der Waals surface area contributed by atoms with E-state index in [4.69, 9.17) is 4.74 Å². The largest absolute Gasteiger partial charge is 0.497 e. The van der Waals surface area contributed by atoms with Gasteiger partial charge in [-0.25, -0.2) is 4.39 Å². The predicted octanol–water partition coefficient (Wildman–Crippen LogP) is 2.67. The highest BCUT2D eigenvalue weighted by Crippen LogP contribution is 2.24. The summed E-state index contributed by atoms with van der Waals surface area (Å²) in [6.07, 6.45) is 0.682. The number of ether oxygens (including phenoxy) is 1. The molecule has 0 spiro atoms. The van der Waals surface area contributed by atoms with E-state index >= 15 is 0 Å². The van der Waals surface area contributed by atoms with E-state index in [2.05, 4.69) is 0 Å². The molecular weight excluding hydrogens is 183 g/mol. The molecule has 3 heteroatoms. The van der Waals surface area contributed by atoms with Gasteiger partial charge in [0.15, 0.2) is 0 Å². The normalized spacial score (nSPS) is 12.6. The van der Waals surface area contributed by atoms with Crippen molar-refractivity contribution in [2.24, 2.45) is 0 Å². The summed E-state index contributed by atoms with van der Waals surface area (Å²) in [4.78, 5) is 0. The number of aliphatic hydroxyl groups excluding tert-OH is 1. The molecule has 0 fully saturated rings. The number of hydrogen-bond donors (Lipinski definition) is 1. The van der Waals surface area contributed by atoms with Crippen LogP contribution in [0.5, 0.6) is 5.75 Å². The molecule has 0 aliphatic carbocycles. The second-order valence-electron chi connectivity index (χ2n) is 3.19. The SMILES string of the molecule is CCCC(O)c1ccc(OC)cc1F. The number of hydrogen-bond acceptors (Lipinski definition) is 2. The number of aliphatic hydroxyl groups is 1. The van der Waals surface area contributed by atoms with Crippen LogP contribution >= 0.6 is 0 Å². The quantitative estimate of drug-likeness (QED) is 0.806. The molecule has 2 nitrogen and oxygen atoms in total. The number of halogens is 1. The Balaban J connectivity index is 2.88. The lowest BCUT2D eigenvalue weighted by atomic mass is 10.0. The Bertz CT molecular complexity index is 299. The summed E-state index contributed by atoms with van der Waals surface area (Å²) >= 11 is 0. The average Bonchev–Trinajstić information content (AvgIpc) is 2.17. The molecule has 1 aromatic carbocycles. The van der Waals surface area contributed by atoms with Crippen LogP contribution in [-0.2, 0) is 0 Å². The van der Waals surface area contributed by atoms with Gasteiger partial charge in [-0.1, -0.05) is 13.3 Å². The van der Waals surface area contributed by atoms with Crippen molar-refractivity contribution < 1.29 is 14.2 Å². The Morgan fingerprint density at radius 1 is 1.50 bits per heavy atom. The maximum atomic E-state index is 13.4. The van der Waals surface area contributed by atoms with Crippen molar-refractivity contribution in [1.29, 1.82) is 0 Å². The van der Waals surface area contributed by atoms with Gasteiger partial charge in [-0.3, -0.25) is 0 Å². The Morgan fingerprint density at radius 2 is 2.21 bits per heavy atom. The Labute approximate surface area is 83.3 Å². The summed E-state index contributed by atoms with van der Waals surface area (Å²) in [5.74, 6) is 0.0558. The lowest BCUT2D eigenvalue weighted by Gasteiger charge is -2.11. The van der Waals surface area contributed by atoms with Crippen LogP contribution in [0.2, 0.25) is 0 Å². The first-order valence-corrected chi connectivity index (χ1v) is 4.70. The van der Waals surface area contributed by atoms with Crippen molar-refractivity contribution in [2.45, 2.75) is 25.9 Å². The molecular formula is C11H15FO2. The van der Waals surface area contributed by atoms with Crippen molar-refractivity contribution in [1.82, 2.24) is 0 Å². The van der Waals surface area contributed by atoms with E-state index in [9.17, 15) is 9.50 Å². The molecule has 0 aliphatic heterocycles. The fourth-order valence-corrected chi connectivity index (χ4v) is 1.33. The first kappa shape index (κ1) is 11.0. The molecule has 0 heterocycles. The van der Waals surface area contributed by atoms with E-state index < -0.39 is 11.9 Å². The van der Waals surface area contributed by atoms with Crippen LogP contribution in [0.25, 0.3) is 0 Å². The van der Waals surface area contributed by atoms with Crippen molar-refractivity contribution in [3.05, 3.63) is 29.6 Å². The molecule has 0 radical (unpaired) electrons. The third kappa shape index (κ3) is 2.45. The zero-order valence-electron chi connectivity index (χ0n) is 8.46. The maximum absolute atomic E-state index is 13.4. The summed E-state index contributed by atoms with van der Waals surface area (Å²) in [6, 6.07) is 4.50. The molecule has 1 rings (SSSR count). The zero-order chi connectivity index (χ0) is 10.6. The lowest BCUT2D eigenvalue weighted by molar-refractivity contribution is 0.161. The average molecular weight is 198 g/mol. The van der Waals surface area contributed by atoms with Crippen LogP contribution in [-0.4, -0.2) is 12.2 Å². The Morgan fingerprint density at radius 3 is 2.71 bits per heavy atom. The van der Waals surface area contributed by atoms with Crippen LogP contribution in [0.1, 0.15) is 31.4 Å². The molecule has 0 amide bonds. The Kier molecular flexibility index (Phi) is 3.89. The first-order valence-electron chi connectivity index (χ1n) is 4.70. The van der Waals surface area contributed by atoms with Gasteiger partial charge in [-0.15, -0.1) is 0 Å². The highest BCUT2D eigenvalue weighted by atomic mass is 19.1. The highest BCUT2D eigenvalue weighted by molar-refractivity contribution is 5.30. The van der Waals surface area contributed by atoms with E-state index in [1.165, 1.54) is 13.2 Å². The second-order valence-corrected chi connectivity index (χ2v) is 3.19. The zero-order valence-corrected chi connectivity index (χ0v) is 8.46. The molecule has 1 atom stereocenters. The molecule has 78 valence electrons. The summed E-state index contributed by atoms with van der Waals surface area (Å²) in [7, 11) is 1.48. The van der Waals surface area contributed by atoms with Gasteiger partial charge < -0.3 is 9.84 Å². The molecule has 1 aromatic rings. The van der Waals surface area contributed by atoms with Gasteiger partial charge >= 0.3 is 0 Å². The van der Waals surface area contributed by atoms with Gasteiger partial charge in [0.2, 0.25) is 0 Å². The van der Waals surface area contributed by atoms with Gasteiger partial charge in [-0.05, 0) is 18.6 Å². The molecule has 0 saturated heterocycles. The minimum Gasteiger partial charge on any atom is -0.497 e. The summed E-state index contributed by atoms with van der Waals surface area (Å²) in [5.41, 5.74) is 0.340. The smallest absolute Gasteiger partial charge is 0.132 e. The molecule has 14 heavy (non-hydrogen) atoms. The van der Waals surface area contributed by atoms with E-state index in [1.54, 1.807) is 12.1 Å². The van der Waals surface area contributed by atoms with E-state index in [-0.39, 0.29) is 0 Å². The van der Waals surface area contributed by atoms with Gasteiger partial charge in [0.1, 0.15) is 11.6 Å². The van der Waals surface area contributed by atoms with Crippen molar-refractivity contribution >= 4 is 0 Å². The molecule has 1 unspecified atom stereocenters. The van der Waals surface area contributed by atoms with E-state index in [0.717, 1.165) is 6.42 Å². The van der Waals surface area contributed by atoms with Crippen LogP contribution in [0.15, 0.2) is 18.2 Å². The molecule has 0 aliphatic rings. The molecule has 0 saturated carbocycles. The monoisotopic (exact) mass is 198 g/mol. The fourth-order valence-electron chi connectivity index (χ4n) is 1.33. The summed E-state index contributed by atoms with van der Waals surface area (Å²) in [5, 5.41) is 9.58. The predicted molar refractivity (Wildman–Crippen MR) is 52.8 cm³/mol. The minimum atomic E-state index is -0.717. The third-order valence-electron chi connectivity index (χ3n) is 2.13. The second kappa shape index (κ2) is 4.96. The number of rotatable bonds is 4. The summed E-state index contributed by atoms with van der Waals surface area (Å²) < 4.78 is 18.2. The first-order chi connectivity index (χ1) is 6.69. The standard InChI is InChI=1S/C11H15FO2/c1-3-4-11(13)9-6-5-8(14-2)7-10(9)12/h5-7,11,13H,3-4H2,1-2H3. The maximum Gasteiger partial charge on any atom is 0.132 e. The van der Waals surface area contributed by atoms with Gasteiger partial charge in [0, 0.05) is 11.6 Å². The topological polar surface area (TPSA) is 29.5 Å². The minimum absolute atomic E-state index is 0.340. The van der Waals surface area contributed by atoms with Gasteiger partial charge in [-0.2, -0.15) is 0 Å². The Hall–Kier alpha value is -1.09. The van der Waals surface area contributed by atoms with Crippen LogP contribution in [0, 0.1) is 5.82 Å². The fraction of sp³-hybridized carbons (Fsp3) is 0.455. The molecule has 0 aromatic heterocycles. The van der Waals surface area contributed by atoms with Crippen molar-refractivity contribution in [3.63, 3.8) is 0 Å². The molecule has 1 N–H and O–H groups in total. The molecule has 0 bridgehead atoms. The van der Waals surface area contributed by atoms with Crippen LogP contribution in [0.4, 0.5) is 4.39 Å². The van der Waals surface area contributed by atoms with Gasteiger partial charge in [0.25, 0.3) is 0 Å². The number of methoxy groups -OCH3 is 1. The van der Waals surface area contributed by atoms with Crippen molar-refractivity contribution in [3.8, 4) is 5.75 Å². The third-order valence-corrected chi connectivity index (χ3v) is 2.13. The van der Waals surface area contributed by atoms with Gasteiger partial charge in [0.05, 0.1) is 13.2 Å². The number of benzene rings is 1. The highest BCUT2D eigenvalue weighted by Gasteiger charge is 2.12.